The first-order valence-electron chi connectivity index (χ1n) is 7.04. The first-order valence-corrected chi connectivity index (χ1v) is 8.65. The van der Waals surface area contributed by atoms with E-state index in [1.807, 2.05) is 24.3 Å². The van der Waals surface area contributed by atoms with Gasteiger partial charge in [0.2, 0.25) is 5.91 Å². The van der Waals surface area contributed by atoms with Crippen LogP contribution >= 0.6 is 0 Å². The monoisotopic (exact) mass is 295 g/mol. The second-order valence-electron chi connectivity index (χ2n) is 5.26. The lowest BCUT2D eigenvalue weighted by Gasteiger charge is -2.26. The molecule has 0 radical (unpaired) electrons. The largest absolute Gasteiger partial charge is 0.355 e. The van der Waals surface area contributed by atoms with Crippen molar-refractivity contribution in [3.05, 3.63) is 35.4 Å². The van der Waals surface area contributed by atoms with E-state index in [1.165, 1.54) is 12.5 Å². The number of hydrogen-bond donors (Lipinski definition) is 1. The molecule has 5 heteroatoms. The van der Waals surface area contributed by atoms with Gasteiger partial charge in [-0.2, -0.15) is 0 Å². The van der Waals surface area contributed by atoms with E-state index in [2.05, 4.69) is 5.32 Å². The molecule has 0 saturated carbocycles. The lowest BCUT2D eigenvalue weighted by atomic mass is 9.91. The highest BCUT2D eigenvalue weighted by atomic mass is 32.2. The fourth-order valence-electron chi connectivity index (χ4n) is 2.70. The van der Waals surface area contributed by atoms with E-state index < -0.39 is 26.2 Å². The molecule has 0 aliphatic heterocycles. The summed E-state index contributed by atoms with van der Waals surface area (Å²) in [4.78, 5) is 11.8. The number of nitrogens with one attached hydrogen (secondary N) is 1. The topological polar surface area (TPSA) is 63.2 Å². The van der Waals surface area contributed by atoms with Crippen LogP contribution in [0.15, 0.2) is 24.3 Å². The number of aryl methyl sites for hydroxylation is 1. The van der Waals surface area contributed by atoms with E-state index in [9.17, 15) is 13.2 Å². The van der Waals surface area contributed by atoms with Crippen LogP contribution in [0.25, 0.3) is 0 Å². The Labute approximate surface area is 120 Å². The Morgan fingerprint density at radius 1 is 1.35 bits per heavy atom. The summed E-state index contributed by atoms with van der Waals surface area (Å²) in [5, 5.41) is 1.17. The number of fused-ring (bicyclic) bond motifs is 1. The maximum atomic E-state index is 12.6. The Balaban J connectivity index is 2.18. The van der Waals surface area contributed by atoms with E-state index >= 15 is 0 Å². The summed E-state index contributed by atoms with van der Waals surface area (Å²) >= 11 is 0. The highest BCUT2D eigenvalue weighted by molar-refractivity contribution is 7.93. The molecular weight excluding hydrogens is 274 g/mol. The van der Waals surface area contributed by atoms with Gasteiger partial charge in [-0.1, -0.05) is 24.3 Å². The van der Waals surface area contributed by atoms with Crippen LogP contribution in [-0.2, 0) is 27.5 Å². The summed E-state index contributed by atoms with van der Waals surface area (Å²) in [7, 11) is -3.44. The normalized spacial score (nSPS) is 20.0. The van der Waals surface area contributed by atoms with Crippen molar-refractivity contribution in [1.82, 2.24) is 5.32 Å². The van der Waals surface area contributed by atoms with Crippen LogP contribution in [0.3, 0.4) is 0 Å². The van der Waals surface area contributed by atoms with Crippen molar-refractivity contribution < 1.29 is 13.2 Å². The first-order chi connectivity index (χ1) is 9.46. The van der Waals surface area contributed by atoms with E-state index in [1.54, 1.807) is 6.92 Å². The number of carbonyl (C=O) groups is 1. The van der Waals surface area contributed by atoms with Crippen molar-refractivity contribution in [3.63, 3.8) is 0 Å². The van der Waals surface area contributed by atoms with Crippen LogP contribution in [0, 0.1) is 0 Å². The molecule has 2 rings (SSSR count). The first kappa shape index (κ1) is 15.0. The number of hydrogen-bond acceptors (Lipinski definition) is 3. The van der Waals surface area contributed by atoms with Crippen molar-refractivity contribution in [3.8, 4) is 0 Å². The van der Waals surface area contributed by atoms with Crippen LogP contribution in [0.1, 0.15) is 31.4 Å². The number of carbonyl (C=O) groups excluding carboxylic acids is 1. The Kier molecular flexibility index (Phi) is 4.48. The van der Waals surface area contributed by atoms with Crippen LogP contribution < -0.4 is 5.32 Å². The minimum atomic E-state index is -3.44. The van der Waals surface area contributed by atoms with Crippen molar-refractivity contribution in [1.29, 1.82) is 0 Å². The highest BCUT2D eigenvalue weighted by Gasteiger charge is 2.37. The molecule has 0 spiro atoms. The van der Waals surface area contributed by atoms with Gasteiger partial charge in [-0.05, 0) is 44.2 Å². The van der Waals surface area contributed by atoms with Crippen LogP contribution in [0.2, 0.25) is 0 Å². The summed E-state index contributed by atoms with van der Waals surface area (Å²) in [5.74, 6) is -0.397. The summed E-state index contributed by atoms with van der Waals surface area (Å²) in [5.41, 5.74) is 2.32. The molecule has 1 aliphatic carbocycles. The van der Waals surface area contributed by atoms with Gasteiger partial charge >= 0.3 is 0 Å². The van der Waals surface area contributed by atoms with Crippen molar-refractivity contribution in [2.24, 2.45) is 0 Å². The average Bonchev–Trinajstić information content (AvgIpc) is 2.46. The van der Waals surface area contributed by atoms with E-state index in [0.717, 1.165) is 12.0 Å². The van der Waals surface area contributed by atoms with Gasteiger partial charge < -0.3 is 5.32 Å². The molecular formula is C15H21NO3S. The Bertz CT molecular complexity index is 595. The maximum Gasteiger partial charge on any atom is 0.238 e. The molecule has 1 amide bonds. The Morgan fingerprint density at radius 2 is 2.00 bits per heavy atom. The van der Waals surface area contributed by atoms with Crippen molar-refractivity contribution >= 4 is 15.7 Å². The lowest BCUT2D eigenvalue weighted by Crippen LogP contribution is -2.43. The highest BCUT2D eigenvalue weighted by Crippen LogP contribution is 2.27. The van der Waals surface area contributed by atoms with E-state index in [-0.39, 0.29) is 0 Å². The van der Waals surface area contributed by atoms with Gasteiger partial charge in [-0.25, -0.2) is 8.42 Å². The maximum absolute atomic E-state index is 12.6. The smallest absolute Gasteiger partial charge is 0.238 e. The molecule has 1 aromatic rings. The summed E-state index contributed by atoms with van der Waals surface area (Å²) in [6.07, 6.45) is 1.88. The minimum absolute atomic E-state index is 0.397. The molecule has 0 saturated heterocycles. The number of rotatable bonds is 4. The molecule has 1 aromatic carbocycles. The fraction of sp³-hybridized carbons (Fsp3) is 0.533. The van der Waals surface area contributed by atoms with E-state index in [0.29, 0.717) is 19.4 Å². The molecule has 0 bridgehead atoms. The molecule has 4 nitrogen and oxygen atoms in total. The molecule has 2 unspecified atom stereocenters. The van der Waals surface area contributed by atoms with Crippen molar-refractivity contribution in [2.45, 2.75) is 43.6 Å². The van der Waals surface area contributed by atoms with Gasteiger partial charge in [0.15, 0.2) is 9.84 Å². The van der Waals surface area contributed by atoms with Gasteiger partial charge in [-0.3, -0.25) is 4.79 Å². The quantitative estimate of drug-likeness (QED) is 0.915. The summed E-state index contributed by atoms with van der Waals surface area (Å²) in [6, 6.07) is 7.94. The summed E-state index contributed by atoms with van der Waals surface area (Å²) < 4.78 is 25.1. The minimum Gasteiger partial charge on any atom is -0.355 e. The zero-order chi connectivity index (χ0) is 14.8. The molecule has 0 fully saturated rings. The average molecular weight is 295 g/mol. The van der Waals surface area contributed by atoms with Gasteiger partial charge in [0.05, 0.1) is 5.25 Å². The third kappa shape index (κ3) is 2.87. The van der Waals surface area contributed by atoms with Gasteiger partial charge in [0, 0.05) is 6.54 Å². The second kappa shape index (κ2) is 5.95. The fourth-order valence-corrected chi connectivity index (χ4v) is 4.52. The van der Waals surface area contributed by atoms with Gasteiger partial charge in [-0.15, -0.1) is 0 Å². The SMILES string of the molecule is CCNC(=O)C(C)S(=O)(=O)C1CCc2ccccc2C1. The van der Waals surface area contributed by atoms with Gasteiger partial charge in [0.1, 0.15) is 5.25 Å². The molecule has 0 heterocycles. The zero-order valence-corrected chi connectivity index (χ0v) is 12.7. The zero-order valence-electron chi connectivity index (χ0n) is 11.9. The standard InChI is InChI=1S/C15H21NO3S/c1-3-16-15(17)11(2)20(18,19)14-9-8-12-6-4-5-7-13(12)10-14/h4-7,11,14H,3,8-10H2,1-2H3,(H,16,17). The van der Waals surface area contributed by atoms with Crippen LogP contribution in [0.4, 0.5) is 0 Å². The molecule has 20 heavy (non-hydrogen) atoms. The van der Waals surface area contributed by atoms with Crippen LogP contribution in [-0.4, -0.2) is 31.4 Å². The molecule has 1 N–H and O–H groups in total. The predicted molar refractivity (Wildman–Crippen MR) is 79.3 cm³/mol. The predicted octanol–water partition coefficient (Wildman–Crippen LogP) is 1.48. The third-order valence-corrected chi connectivity index (χ3v) is 6.51. The van der Waals surface area contributed by atoms with Gasteiger partial charge in [0.25, 0.3) is 0 Å². The van der Waals surface area contributed by atoms with Crippen molar-refractivity contribution in [2.75, 3.05) is 6.54 Å². The van der Waals surface area contributed by atoms with Crippen LogP contribution in [0.5, 0.6) is 0 Å². The lowest BCUT2D eigenvalue weighted by molar-refractivity contribution is -0.120. The Morgan fingerprint density at radius 3 is 2.65 bits per heavy atom. The molecule has 110 valence electrons. The number of amides is 1. The second-order valence-corrected chi connectivity index (χ2v) is 7.81. The molecule has 2 atom stereocenters. The van der Waals surface area contributed by atoms with E-state index in [4.69, 9.17) is 0 Å². The number of benzene rings is 1. The third-order valence-electron chi connectivity index (χ3n) is 3.98. The number of sulfone groups is 1. The molecule has 0 aromatic heterocycles. The molecule has 1 aliphatic rings. The summed E-state index contributed by atoms with van der Waals surface area (Å²) in [6.45, 7) is 3.72. The Hall–Kier alpha value is -1.36.